The van der Waals surface area contributed by atoms with Crippen molar-refractivity contribution in [3.05, 3.63) is 154 Å². The van der Waals surface area contributed by atoms with Crippen LogP contribution in [0.15, 0.2) is 109 Å². The number of nitrogens with zero attached hydrogens (tertiary/aromatic N) is 5. The predicted octanol–water partition coefficient (Wildman–Crippen LogP) is 23.5. The summed E-state index contributed by atoms with van der Waals surface area (Å²) in [5.74, 6) is -0.899. The number of ether oxygens (including phenoxy) is 4. The van der Waals surface area contributed by atoms with Gasteiger partial charge < -0.3 is 44.5 Å². The van der Waals surface area contributed by atoms with E-state index in [0.717, 1.165) is 164 Å². The van der Waals surface area contributed by atoms with Crippen LogP contribution in [0.2, 0.25) is 0 Å². The van der Waals surface area contributed by atoms with Gasteiger partial charge >= 0.3 is 29.8 Å². The second-order valence-corrected chi connectivity index (χ2v) is 36.1. The van der Waals surface area contributed by atoms with Gasteiger partial charge in [0.1, 0.15) is 11.5 Å². The van der Waals surface area contributed by atoms with E-state index in [4.69, 9.17) is 44.5 Å². The van der Waals surface area contributed by atoms with E-state index in [9.17, 15) is 24.0 Å². The lowest BCUT2D eigenvalue weighted by molar-refractivity contribution is -0.142. The molecule has 0 aromatic heterocycles. The number of likely N-dealkylation sites (tertiary alicyclic amines) is 5. The van der Waals surface area contributed by atoms with Crippen LogP contribution in [0.3, 0.4) is 0 Å². The summed E-state index contributed by atoms with van der Waals surface area (Å²) in [6.07, 6.45) is 49.3. The zero-order valence-electron chi connectivity index (χ0n) is 77.9. The number of hydrogen-bond donors (Lipinski definition) is 5. The highest BCUT2D eigenvalue weighted by atomic mass is 16.5. The molecule has 5 unspecified atom stereocenters. The molecule has 5 fully saturated rings. The molecule has 5 aliphatic rings. The second kappa shape index (κ2) is 64.2. The number of unbranched alkanes of at least 4 members (excludes halogenated alkanes) is 28. The van der Waals surface area contributed by atoms with E-state index in [1.807, 2.05) is 30.3 Å². The van der Waals surface area contributed by atoms with Crippen molar-refractivity contribution < 1.29 is 68.5 Å². The minimum atomic E-state index is -0.691. The second-order valence-electron chi connectivity index (χ2n) is 36.1. The molecule has 0 radical (unpaired) electrons. The van der Waals surface area contributed by atoms with Crippen LogP contribution in [0, 0.1) is 36.5 Å². The van der Waals surface area contributed by atoms with Gasteiger partial charge in [0.25, 0.3) is 0 Å². The number of carbonyl (C=O) groups is 5. The maximum absolute atomic E-state index is 11.1. The van der Waals surface area contributed by atoms with Gasteiger partial charge in [-0.25, -0.2) is 0 Å². The van der Waals surface area contributed by atoms with E-state index in [0.29, 0.717) is 39.3 Å². The van der Waals surface area contributed by atoms with Crippen molar-refractivity contribution in [3.8, 4) is 23.0 Å². The van der Waals surface area contributed by atoms with Gasteiger partial charge in [-0.15, -0.1) is 0 Å². The maximum atomic E-state index is 11.1. The quantitative estimate of drug-likeness (QED) is 0.0227. The molecule has 124 heavy (non-hydrogen) atoms. The number of benzene rings is 5. The van der Waals surface area contributed by atoms with Crippen LogP contribution in [-0.2, 0) is 69.5 Å². The number of carboxylic acid groups (broad SMARTS) is 5. The molecule has 19 nitrogen and oxygen atoms in total. The van der Waals surface area contributed by atoms with Crippen LogP contribution in [0.1, 0.15) is 323 Å². The molecule has 5 aromatic rings. The number of rotatable bonds is 57. The Morgan fingerprint density at radius 3 is 0.815 bits per heavy atom. The van der Waals surface area contributed by atoms with E-state index in [1.54, 1.807) is 7.11 Å². The standard InChI is InChI=1S/C22H35NO2.C21H33NO4.C21H33NO3.C21H33NO2.C20H31NO3/c1-2-3-4-5-6-7-8-9-10-19-11-13-20(14-12-19)17-23-16-15-21(18-23)22(24)25;1-3-4-5-6-7-8-13-26-19-10-9-17(14-20(19)25-2)15-22-12-11-18(16-22)21(23)24;1-3-4-5-6-7-8-13-25-20-10-9-18(14-17(20)2)15-22-12-11-19(16-22)21(23)24;1-2-3-4-5-6-7-8-9-18-10-12-19(13-11-18)16-22-15-14-20(17-22)21(23)24;1-2-3-4-5-6-7-14-24-19-10-8-17(9-11-19)15-21-13-12-18(16-21)20(22)23/h11-14,21H,2-10,15-18H2,1H3,(H,24,25);9-10,14,18H,3-8,11-13,15-16H2,1-2H3,(H,23,24);9-10,14,19H,3-8,11-13,15-16H2,1-2H3,(H,23,24);10-13,20H,2-9,14-17H2,1H3,(H,23,24);8-11,18H,2-7,12-16H2,1H3,(H,22,23). The van der Waals surface area contributed by atoms with E-state index in [2.05, 4.69) is 145 Å². The van der Waals surface area contributed by atoms with Crippen molar-refractivity contribution >= 4 is 29.8 Å². The third kappa shape index (κ3) is 44.7. The predicted molar refractivity (Wildman–Crippen MR) is 503 cm³/mol. The average Bonchev–Trinajstić information content (AvgIpc) is 1.69. The van der Waals surface area contributed by atoms with Crippen molar-refractivity contribution in [3.63, 3.8) is 0 Å². The molecule has 5 aliphatic heterocycles. The van der Waals surface area contributed by atoms with Crippen molar-refractivity contribution in [2.75, 3.05) is 92.4 Å². The zero-order valence-corrected chi connectivity index (χ0v) is 77.9. The Morgan fingerprint density at radius 1 is 0.282 bits per heavy atom. The summed E-state index contributed by atoms with van der Waals surface area (Å²) in [6, 6.07) is 38.4. The van der Waals surface area contributed by atoms with Crippen LogP contribution < -0.4 is 18.9 Å². The van der Waals surface area contributed by atoms with Crippen LogP contribution in [-0.4, -0.2) is 172 Å². The Hall–Kier alpha value is -7.55. The van der Waals surface area contributed by atoms with E-state index in [1.165, 1.54) is 239 Å². The van der Waals surface area contributed by atoms with Gasteiger partial charge in [-0.05, 0) is 192 Å². The molecule has 5 atom stereocenters. The third-order valence-electron chi connectivity index (χ3n) is 25.2. The molecule has 19 heteroatoms. The van der Waals surface area contributed by atoms with E-state index < -0.39 is 29.8 Å². The van der Waals surface area contributed by atoms with Crippen molar-refractivity contribution in [2.45, 2.75) is 331 Å². The first-order chi connectivity index (χ1) is 60.3. The fourth-order valence-corrected chi connectivity index (χ4v) is 17.3. The molecule has 0 aliphatic carbocycles. The highest BCUT2D eigenvalue weighted by Gasteiger charge is 2.32. The molecule has 0 bridgehead atoms. The lowest BCUT2D eigenvalue weighted by atomic mass is 10.0. The van der Waals surface area contributed by atoms with Gasteiger partial charge in [0.2, 0.25) is 0 Å². The monoisotopic (exact) mass is 1720 g/mol. The topological polar surface area (TPSA) is 240 Å². The van der Waals surface area contributed by atoms with Gasteiger partial charge in [0.05, 0.1) is 56.5 Å². The fraction of sp³-hybridized carbons (Fsp3) is 0.667. The lowest BCUT2D eigenvalue weighted by Gasteiger charge is -2.17. The Bertz CT molecular complexity index is 3580. The molecule has 694 valence electrons. The van der Waals surface area contributed by atoms with E-state index >= 15 is 0 Å². The zero-order chi connectivity index (χ0) is 89.2. The summed E-state index contributed by atoms with van der Waals surface area (Å²) in [6.45, 7) is 27.4. The Morgan fingerprint density at radius 2 is 0.524 bits per heavy atom. The summed E-state index contributed by atoms with van der Waals surface area (Å²) >= 11 is 0. The van der Waals surface area contributed by atoms with Crippen LogP contribution >= 0.6 is 0 Å². The summed E-state index contributed by atoms with van der Waals surface area (Å²) in [7, 11) is 1.66. The Kier molecular flexibility index (Phi) is 54.5. The van der Waals surface area contributed by atoms with Gasteiger partial charge in [0, 0.05) is 65.4 Å². The number of aliphatic carboxylic acids is 5. The maximum Gasteiger partial charge on any atom is 0.307 e. The minimum Gasteiger partial charge on any atom is -0.494 e. The van der Waals surface area contributed by atoms with Gasteiger partial charge in [-0.2, -0.15) is 0 Å². The summed E-state index contributed by atoms with van der Waals surface area (Å²) < 4.78 is 23.1. The molecular formula is C105H165N5O14. The normalized spacial score (nSPS) is 17.8. The highest BCUT2D eigenvalue weighted by molar-refractivity contribution is 5.72. The van der Waals surface area contributed by atoms with E-state index in [-0.39, 0.29) is 29.6 Å². The van der Waals surface area contributed by atoms with Crippen LogP contribution in [0.25, 0.3) is 0 Å². The number of methoxy groups -OCH3 is 1. The first-order valence-corrected chi connectivity index (χ1v) is 48.9. The number of carboxylic acids is 5. The average molecular weight is 1720 g/mol. The first-order valence-electron chi connectivity index (χ1n) is 48.9. The fourth-order valence-electron chi connectivity index (χ4n) is 17.3. The van der Waals surface area contributed by atoms with Crippen LogP contribution in [0.5, 0.6) is 23.0 Å². The molecule has 5 heterocycles. The van der Waals surface area contributed by atoms with Crippen LogP contribution in [0.4, 0.5) is 0 Å². The molecular weight excluding hydrogens is 1560 g/mol. The van der Waals surface area contributed by atoms with Gasteiger partial charge in [-0.3, -0.25) is 48.5 Å². The molecule has 0 spiro atoms. The molecule has 5 saturated heterocycles. The summed E-state index contributed by atoms with van der Waals surface area (Å²) in [5, 5.41) is 45.4. The number of aryl methyl sites for hydroxylation is 3. The lowest BCUT2D eigenvalue weighted by Crippen LogP contribution is -2.22. The van der Waals surface area contributed by atoms with Gasteiger partial charge in [0.15, 0.2) is 11.5 Å². The SMILES string of the molecule is CCCCCCCCCCc1ccc(CN2CCC(C(=O)O)C2)cc1.CCCCCCCCCc1ccc(CN2CCC(C(=O)O)C2)cc1.CCCCCCCCOc1ccc(CN2CCC(C(=O)O)C2)cc1.CCCCCCCCOc1ccc(CN2CCC(C(=O)O)C2)cc1C.CCCCCCCCOc1ccc(CN2CCC(C(=O)O)C2)cc1OC. The molecule has 0 amide bonds. The van der Waals surface area contributed by atoms with Crippen molar-refractivity contribution in [1.29, 1.82) is 0 Å². The smallest absolute Gasteiger partial charge is 0.307 e. The summed E-state index contributed by atoms with van der Waals surface area (Å²) in [5.41, 5.74) is 10.2. The third-order valence-corrected chi connectivity index (χ3v) is 25.2. The highest BCUT2D eigenvalue weighted by Crippen LogP contribution is 2.32. The Labute approximate surface area is 748 Å². The first kappa shape index (κ1) is 105. The Balaban J connectivity index is 0.000000240. The molecule has 5 N–H and O–H groups in total. The minimum absolute atomic E-state index is 0.179. The number of hydrogen-bond acceptors (Lipinski definition) is 14. The molecule has 0 saturated carbocycles. The largest absolute Gasteiger partial charge is 0.494 e. The summed E-state index contributed by atoms with van der Waals surface area (Å²) in [4.78, 5) is 66.3. The van der Waals surface area contributed by atoms with Crippen molar-refractivity contribution in [2.24, 2.45) is 29.6 Å². The van der Waals surface area contributed by atoms with Gasteiger partial charge in [-0.1, -0.05) is 293 Å². The molecule has 5 aromatic carbocycles. The molecule has 10 rings (SSSR count). The van der Waals surface area contributed by atoms with Crippen molar-refractivity contribution in [1.82, 2.24) is 24.5 Å².